The first-order chi connectivity index (χ1) is 7.47. The molecule has 1 N–H and O–H groups in total. The molecule has 1 aliphatic rings. The average molecular weight is 220 g/mol. The van der Waals surface area contributed by atoms with E-state index in [1.807, 2.05) is 6.08 Å². The zero-order valence-corrected chi connectivity index (χ0v) is 10.8. The first kappa shape index (κ1) is 13.2. The Labute approximate surface area is 99.6 Å². The van der Waals surface area contributed by atoms with Gasteiger partial charge in [-0.15, -0.1) is 0 Å². The van der Waals surface area contributed by atoms with Gasteiger partial charge in [-0.25, -0.2) is 0 Å². The predicted octanol–water partition coefficient (Wildman–Crippen LogP) is 3.86. The molecular formula is C15H24O. The van der Waals surface area contributed by atoms with Crippen molar-refractivity contribution in [3.63, 3.8) is 0 Å². The summed E-state index contributed by atoms with van der Waals surface area (Å²) in [4.78, 5) is 0. The van der Waals surface area contributed by atoms with Crippen molar-refractivity contribution >= 4 is 0 Å². The lowest BCUT2D eigenvalue weighted by Crippen LogP contribution is -2.26. The molecule has 1 rings (SSSR count). The first-order valence-corrected chi connectivity index (χ1v) is 6.09. The smallest absolute Gasteiger partial charge is 0.0614 e. The monoisotopic (exact) mass is 220 g/mol. The van der Waals surface area contributed by atoms with E-state index in [0.29, 0.717) is 5.92 Å². The molecule has 0 aromatic heterocycles. The Bertz CT molecular complexity index is 307. The van der Waals surface area contributed by atoms with Crippen molar-refractivity contribution in [2.24, 2.45) is 11.3 Å². The van der Waals surface area contributed by atoms with Crippen LogP contribution in [0.5, 0.6) is 0 Å². The second-order valence-electron chi connectivity index (χ2n) is 5.41. The molecular weight excluding hydrogens is 196 g/mol. The van der Waals surface area contributed by atoms with Crippen LogP contribution >= 0.6 is 0 Å². The number of rotatable bonds is 4. The maximum atomic E-state index is 8.82. The fourth-order valence-corrected chi connectivity index (χ4v) is 2.50. The summed E-state index contributed by atoms with van der Waals surface area (Å²) in [5.41, 5.74) is 2.86. The predicted molar refractivity (Wildman–Crippen MR) is 70.2 cm³/mol. The van der Waals surface area contributed by atoms with Gasteiger partial charge < -0.3 is 5.11 Å². The summed E-state index contributed by atoms with van der Waals surface area (Å²) < 4.78 is 0. The molecule has 0 saturated carbocycles. The molecule has 1 aliphatic carbocycles. The standard InChI is InChI=1S/C15H24O/c1-12(9-11-16)7-8-14-13(2)6-5-10-15(14,3)4/h5,9-10,14,16H,2,6-8,11H2,1,3-4H3. The molecule has 0 aromatic carbocycles. The van der Waals surface area contributed by atoms with E-state index in [2.05, 4.69) is 39.5 Å². The Morgan fingerprint density at radius 3 is 2.88 bits per heavy atom. The van der Waals surface area contributed by atoms with Gasteiger partial charge in [0, 0.05) is 0 Å². The van der Waals surface area contributed by atoms with Gasteiger partial charge >= 0.3 is 0 Å². The molecule has 0 amide bonds. The summed E-state index contributed by atoms with van der Waals surface area (Å²) in [6.45, 7) is 11.0. The van der Waals surface area contributed by atoms with Gasteiger partial charge in [0.2, 0.25) is 0 Å². The van der Waals surface area contributed by atoms with E-state index in [1.165, 1.54) is 11.1 Å². The van der Waals surface area contributed by atoms with Crippen molar-refractivity contribution in [2.75, 3.05) is 6.61 Å². The summed E-state index contributed by atoms with van der Waals surface area (Å²) in [6.07, 6.45) is 9.66. The third-order valence-corrected chi connectivity index (χ3v) is 3.59. The first-order valence-electron chi connectivity index (χ1n) is 6.09. The molecule has 0 spiro atoms. The van der Waals surface area contributed by atoms with Crippen LogP contribution < -0.4 is 0 Å². The maximum absolute atomic E-state index is 8.82. The summed E-state index contributed by atoms with van der Waals surface area (Å²) in [7, 11) is 0. The number of hydrogen-bond donors (Lipinski definition) is 1. The minimum Gasteiger partial charge on any atom is -0.392 e. The van der Waals surface area contributed by atoms with Gasteiger partial charge in [-0.05, 0) is 37.5 Å². The van der Waals surface area contributed by atoms with Gasteiger partial charge in [0.05, 0.1) is 6.61 Å². The highest BCUT2D eigenvalue weighted by molar-refractivity contribution is 5.20. The topological polar surface area (TPSA) is 20.2 Å². The lowest BCUT2D eigenvalue weighted by molar-refractivity contribution is 0.295. The number of allylic oxidation sites excluding steroid dienone is 4. The molecule has 0 radical (unpaired) electrons. The Hall–Kier alpha value is -0.820. The van der Waals surface area contributed by atoms with Gasteiger partial charge in [-0.2, -0.15) is 0 Å². The van der Waals surface area contributed by atoms with E-state index in [0.717, 1.165) is 19.3 Å². The van der Waals surface area contributed by atoms with E-state index in [9.17, 15) is 0 Å². The van der Waals surface area contributed by atoms with Gasteiger partial charge in [0.1, 0.15) is 0 Å². The zero-order valence-electron chi connectivity index (χ0n) is 10.8. The van der Waals surface area contributed by atoms with E-state index in [4.69, 9.17) is 5.11 Å². The minimum atomic E-state index is 0.154. The van der Waals surface area contributed by atoms with Gasteiger partial charge in [-0.3, -0.25) is 0 Å². The van der Waals surface area contributed by atoms with Gasteiger partial charge in [0.25, 0.3) is 0 Å². The van der Waals surface area contributed by atoms with Crippen molar-refractivity contribution in [2.45, 2.75) is 40.0 Å². The van der Waals surface area contributed by atoms with Crippen LogP contribution in [0.1, 0.15) is 40.0 Å². The second kappa shape index (κ2) is 5.49. The highest BCUT2D eigenvalue weighted by Gasteiger charge is 2.30. The van der Waals surface area contributed by atoms with Gasteiger partial charge in [0.15, 0.2) is 0 Å². The normalized spacial score (nSPS) is 24.9. The quantitative estimate of drug-likeness (QED) is 0.713. The highest BCUT2D eigenvalue weighted by Crippen LogP contribution is 2.41. The third-order valence-electron chi connectivity index (χ3n) is 3.59. The van der Waals surface area contributed by atoms with Crippen LogP contribution in [0.15, 0.2) is 36.0 Å². The molecule has 0 bridgehead atoms. The van der Waals surface area contributed by atoms with Crippen molar-refractivity contribution in [3.8, 4) is 0 Å². The highest BCUT2D eigenvalue weighted by atomic mass is 16.2. The van der Waals surface area contributed by atoms with Crippen LogP contribution in [-0.4, -0.2) is 11.7 Å². The summed E-state index contributed by atoms with van der Waals surface area (Å²) in [5.74, 6) is 0.569. The molecule has 1 heteroatoms. The Morgan fingerprint density at radius 2 is 2.31 bits per heavy atom. The van der Waals surface area contributed by atoms with Crippen LogP contribution in [-0.2, 0) is 0 Å². The van der Waals surface area contributed by atoms with Gasteiger partial charge in [-0.1, -0.05) is 49.8 Å². The van der Waals surface area contributed by atoms with E-state index >= 15 is 0 Å². The van der Waals surface area contributed by atoms with E-state index in [1.54, 1.807) is 0 Å². The number of hydrogen-bond acceptors (Lipinski definition) is 1. The lowest BCUT2D eigenvalue weighted by Gasteiger charge is -2.36. The number of aliphatic hydroxyl groups is 1. The summed E-state index contributed by atoms with van der Waals surface area (Å²) in [5, 5.41) is 8.82. The third kappa shape index (κ3) is 3.34. The molecule has 1 atom stereocenters. The molecule has 0 heterocycles. The van der Waals surface area contributed by atoms with Crippen LogP contribution in [0.4, 0.5) is 0 Å². The maximum Gasteiger partial charge on any atom is 0.0614 e. The summed E-state index contributed by atoms with van der Waals surface area (Å²) in [6, 6.07) is 0. The minimum absolute atomic E-state index is 0.154. The van der Waals surface area contributed by atoms with Crippen LogP contribution in [0.25, 0.3) is 0 Å². The molecule has 0 saturated heterocycles. The molecule has 1 nitrogen and oxygen atoms in total. The molecule has 0 fully saturated rings. The Balaban J connectivity index is 2.62. The lowest BCUT2D eigenvalue weighted by atomic mass is 9.68. The second-order valence-corrected chi connectivity index (χ2v) is 5.41. The molecule has 0 aromatic rings. The van der Waals surface area contributed by atoms with Crippen molar-refractivity contribution < 1.29 is 5.11 Å². The van der Waals surface area contributed by atoms with Crippen molar-refractivity contribution in [3.05, 3.63) is 36.0 Å². The van der Waals surface area contributed by atoms with Crippen LogP contribution in [0.2, 0.25) is 0 Å². The van der Waals surface area contributed by atoms with Crippen LogP contribution in [0.3, 0.4) is 0 Å². The fourth-order valence-electron chi connectivity index (χ4n) is 2.50. The Morgan fingerprint density at radius 1 is 1.62 bits per heavy atom. The summed E-state index contributed by atoms with van der Waals surface area (Å²) >= 11 is 0. The largest absolute Gasteiger partial charge is 0.392 e. The van der Waals surface area contributed by atoms with Crippen LogP contribution in [0, 0.1) is 11.3 Å². The molecule has 90 valence electrons. The van der Waals surface area contributed by atoms with E-state index in [-0.39, 0.29) is 12.0 Å². The molecule has 16 heavy (non-hydrogen) atoms. The SMILES string of the molecule is C=C1CC=CC(C)(C)C1CCC(C)=CCO. The van der Waals surface area contributed by atoms with Crippen molar-refractivity contribution in [1.82, 2.24) is 0 Å². The average Bonchev–Trinajstić information content (AvgIpc) is 2.16. The zero-order chi connectivity index (χ0) is 12.2. The molecule has 1 unspecified atom stereocenters. The molecule has 0 aliphatic heterocycles. The van der Waals surface area contributed by atoms with Crippen molar-refractivity contribution in [1.29, 1.82) is 0 Å². The number of aliphatic hydroxyl groups excluding tert-OH is 1. The Kier molecular flexibility index (Phi) is 4.55. The fraction of sp³-hybridized carbons (Fsp3) is 0.600. The van der Waals surface area contributed by atoms with E-state index < -0.39 is 0 Å².